The van der Waals surface area contributed by atoms with E-state index in [1.807, 2.05) is 83.8 Å². The number of ether oxygens (including phenoxy) is 1. The second-order valence-electron chi connectivity index (χ2n) is 5.64. The Balaban J connectivity index is 1.66. The molecule has 0 spiro atoms. The molecule has 0 amide bonds. The van der Waals surface area contributed by atoms with Crippen LogP contribution in [0, 0.1) is 0 Å². The Labute approximate surface area is 144 Å². The summed E-state index contributed by atoms with van der Waals surface area (Å²) in [5.74, 6) is 2.05. The largest absolute Gasteiger partial charge is 0.453 e. The van der Waals surface area contributed by atoms with Gasteiger partial charge in [0.05, 0.1) is 11.4 Å². The molecule has 0 fully saturated rings. The number of rotatable bonds is 2. The normalized spacial score (nSPS) is 12.2. The minimum Gasteiger partial charge on any atom is -0.453 e. The fourth-order valence-corrected chi connectivity index (χ4v) is 2.92. The maximum Gasteiger partial charge on any atom is 0.333 e. The van der Waals surface area contributed by atoms with Crippen molar-refractivity contribution < 1.29 is 9.26 Å². The topological polar surface area (TPSA) is 51.4 Å². The molecular formula is C20H13N3O2. The van der Waals surface area contributed by atoms with Crippen molar-refractivity contribution in [2.24, 2.45) is 0 Å². The maximum atomic E-state index is 5.99. The monoisotopic (exact) mass is 327 g/mol. The molecule has 25 heavy (non-hydrogen) atoms. The van der Waals surface area contributed by atoms with Gasteiger partial charge in [-0.3, -0.25) is 4.90 Å². The van der Waals surface area contributed by atoms with Crippen LogP contribution in [0.5, 0.6) is 11.5 Å². The van der Waals surface area contributed by atoms with Gasteiger partial charge in [0.25, 0.3) is 0 Å². The van der Waals surface area contributed by atoms with Gasteiger partial charge >= 0.3 is 6.01 Å². The van der Waals surface area contributed by atoms with Gasteiger partial charge in [-0.05, 0) is 24.3 Å². The summed E-state index contributed by atoms with van der Waals surface area (Å²) >= 11 is 0. The van der Waals surface area contributed by atoms with E-state index in [0.717, 1.165) is 28.4 Å². The first-order valence-corrected chi connectivity index (χ1v) is 7.95. The molecule has 0 radical (unpaired) electrons. The Bertz CT molecular complexity index is 998. The molecule has 4 aromatic rings. The molecule has 0 unspecified atom stereocenters. The van der Waals surface area contributed by atoms with E-state index in [1.54, 1.807) is 0 Å². The van der Waals surface area contributed by atoms with E-state index in [0.29, 0.717) is 11.8 Å². The molecule has 1 aliphatic heterocycles. The third kappa shape index (κ3) is 2.25. The molecule has 0 saturated heterocycles. The van der Waals surface area contributed by atoms with E-state index in [9.17, 15) is 0 Å². The Morgan fingerprint density at radius 3 is 1.96 bits per heavy atom. The summed E-state index contributed by atoms with van der Waals surface area (Å²) < 4.78 is 11.6. The van der Waals surface area contributed by atoms with Crippen molar-refractivity contribution >= 4 is 17.4 Å². The van der Waals surface area contributed by atoms with Crippen LogP contribution in [0.1, 0.15) is 0 Å². The second kappa shape index (κ2) is 5.49. The molecular weight excluding hydrogens is 314 g/mol. The Morgan fingerprint density at radius 2 is 1.28 bits per heavy atom. The lowest BCUT2D eigenvalue weighted by atomic mass is 10.2. The van der Waals surface area contributed by atoms with E-state index in [1.165, 1.54) is 0 Å². The third-order valence-corrected chi connectivity index (χ3v) is 4.07. The zero-order valence-electron chi connectivity index (χ0n) is 13.2. The number of benzene rings is 3. The summed E-state index contributed by atoms with van der Waals surface area (Å²) in [5, 5.41) is 4.14. The van der Waals surface area contributed by atoms with E-state index < -0.39 is 0 Å². The highest BCUT2D eigenvalue weighted by molar-refractivity contribution is 5.83. The summed E-state index contributed by atoms with van der Waals surface area (Å²) in [7, 11) is 0. The molecule has 0 aliphatic carbocycles. The number of nitrogens with zero attached hydrogens (tertiary/aromatic N) is 3. The predicted molar refractivity (Wildman–Crippen MR) is 94.5 cm³/mol. The van der Waals surface area contributed by atoms with Crippen LogP contribution >= 0.6 is 0 Å². The van der Waals surface area contributed by atoms with Crippen LogP contribution in [0.15, 0.2) is 83.4 Å². The lowest BCUT2D eigenvalue weighted by Crippen LogP contribution is -2.15. The first-order valence-electron chi connectivity index (χ1n) is 7.95. The molecule has 120 valence electrons. The van der Waals surface area contributed by atoms with E-state index >= 15 is 0 Å². The molecule has 5 rings (SSSR count). The zero-order valence-corrected chi connectivity index (χ0v) is 13.2. The van der Waals surface area contributed by atoms with Crippen molar-refractivity contribution in [1.82, 2.24) is 10.1 Å². The first-order chi connectivity index (χ1) is 12.4. The van der Waals surface area contributed by atoms with Gasteiger partial charge < -0.3 is 9.26 Å². The van der Waals surface area contributed by atoms with Crippen molar-refractivity contribution in [3.63, 3.8) is 0 Å². The van der Waals surface area contributed by atoms with Gasteiger partial charge in [-0.2, -0.15) is 4.98 Å². The van der Waals surface area contributed by atoms with Crippen LogP contribution in [0.3, 0.4) is 0 Å². The number of fused-ring (bicyclic) bond motifs is 2. The highest BCUT2D eigenvalue weighted by atomic mass is 16.5. The second-order valence-corrected chi connectivity index (χ2v) is 5.64. The van der Waals surface area contributed by atoms with Crippen molar-refractivity contribution in [1.29, 1.82) is 0 Å². The summed E-state index contributed by atoms with van der Waals surface area (Å²) in [6, 6.07) is 25.7. The number of aromatic nitrogens is 2. The zero-order chi connectivity index (χ0) is 16.6. The fourth-order valence-electron chi connectivity index (χ4n) is 2.92. The molecule has 2 heterocycles. The number of anilines is 3. The minimum absolute atomic E-state index is 0.405. The summed E-state index contributed by atoms with van der Waals surface area (Å²) in [4.78, 5) is 6.52. The van der Waals surface area contributed by atoms with Gasteiger partial charge in [0.1, 0.15) is 0 Å². The number of hydrogen-bond donors (Lipinski definition) is 0. The first kappa shape index (κ1) is 13.8. The lowest BCUT2D eigenvalue weighted by molar-refractivity contribution is 0.421. The maximum absolute atomic E-state index is 5.99. The predicted octanol–water partition coefficient (Wildman–Crippen LogP) is 5.31. The van der Waals surface area contributed by atoms with Crippen LogP contribution in [0.2, 0.25) is 0 Å². The number of para-hydroxylation sites is 4. The molecule has 0 bridgehead atoms. The molecule has 0 N–H and O–H groups in total. The Hall–Kier alpha value is -3.60. The highest BCUT2D eigenvalue weighted by Gasteiger charge is 2.29. The van der Waals surface area contributed by atoms with Gasteiger partial charge in [0.15, 0.2) is 11.5 Å². The lowest BCUT2D eigenvalue weighted by Gasteiger charge is -2.29. The van der Waals surface area contributed by atoms with Gasteiger partial charge in [-0.15, -0.1) is 0 Å². The molecule has 1 aromatic heterocycles. The smallest absolute Gasteiger partial charge is 0.333 e. The summed E-state index contributed by atoms with van der Waals surface area (Å²) in [6.07, 6.45) is 0. The summed E-state index contributed by atoms with van der Waals surface area (Å²) in [6.45, 7) is 0. The minimum atomic E-state index is 0.405. The average Bonchev–Trinajstić information content (AvgIpc) is 3.16. The highest BCUT2D eigenvalue weighted by Crippen LogP contribution is 2.49. The van der Waals surface area contributed by atoms with Crippen molar-refractivity contribution in [2.75, 3.05) is 4.90 Å². The van der Waals surface area contributed by atoms with Gasteiger partial charge in [-0.1, -0.05) is 59.8 Å². The fraction of sp³-hybridized carbons (Fsp3) is 0. The number of hydrogen-bond acceptors (Lipinski definition) is 5. The van der Waals surface area contributed by atoms with Crippen molar-refractivity contribution in [3.05, 3.63) is 78.9 Å². The molecule has 0 atom stereocenters. The Morgan fingerprint density at radius 1 is 0.680 bits per heavy atom. The van der Waals surface area contributed by atoms with Crippen LogP contribution in [-0.2, 0) is 0 Å². The molecule has 1 aliphatic rings. The van der Waals surface area contributed by atoms with Crippen LogP contribution in [0.25, 0.3) is 11.4 Å². The third-order valence-electron chi connectivity index (χ3n) is 4.07. The van der Waals surface area contributed by atoms with Gasteiger partial charge in [0.2, 0.25) is 5.82 Å². The molecule has 5 nitrogen and oxygen atoms in total. The Kier molecular flexibility index (Phi) is 3.03. The summed E-state index contributed by atoms with van der Waals surface area (Å²) in [5.41, 5.74) is 2.64. The van der Waals surface area contributed by atoms with Crippen LogP contribution in [0.4, 0.5) is 17.4 Å². The van der Waals surface area contributed by atoms with Gasteiger partial charge in [-0.25, -0.2) is 0 Å². The van der Waals surface area contributed by atoms with E-state index in [2.05, 4.69) is 10.1 Å². The van der Waals surface area contributed by atoms with E-state index in [4.69, 9.17) is 9.26 Å². The quantitative estimate of drug-likeness (QED) is 0.439. The van der Waals surface area contributed by atoms with Crippen molar-refractivity contribution in [2.45, 2.75) is 0 Å². The molecule has 3 aromatic carbocycles. The molecule has 5 heteroatoms. The van der Waals surface area contributed by atoms with Crippen LogP contribution in [-0.4, -0.2) is 10.1 Å². The van der Waals surface area contributed by atoms with Crippen molar-refractivity contribution in [3.8, 4) is 22.9 Å². The van der Waals surface area contributed by atoms with Crippen LogP contribution < -0.4 is 9.64 Å². The standard InChI is InChI=1S/C20H13N3O2/c1-2-8-14(9-3-1)19-21-20(25-22-19)23-15-10-4-6-12-17(15)24-18-13-7-5-11-16(18)23/h1-13H. The van der Waals surface area contributed by atoms with Gasteiger partial charge in [0, 0.05) is 5.56 Å². The SMILES string of the molecule is c1ccc(-c2noc(N3c4ccccc4Oc4ccccc43)n2)cc1. The molecule has 0 saturated carbocycles. The van der Waals surface area contributed by atoms with E-state index in [-0.39, 0.29) is 0 Å². The average molecular weight is 327 g/mol.